The van der Waals surface area contributed by atoms with Crippen molar-refractivity contribution >= 4 is 17.6 Å². The summed E-state index contributed by atoms with van der Waals surface area (Å²) in [4.78, 5) is 10.9. The molecule has 0 radical (unpaired) electrons. The largest absolute Gasteiger partial charge is 0.466 e. The molecule has 3 heteroatoms. The molecule has 0 rings (SSSR count). The van der Waals surface area contributed by atoms with Crippen LogP contribution in [0.4, 0.5) is 0 Å². The van der Waals surface area contributed by atoms with Crippen molar-refractivity contribution in [3.8, 4) is 0 Å². The predicted molar refractivity (Wildman–Crippen MR) is 87.1 cm³/mol. The number of halogens is 1. The summed E-state index contributed by atoms with van der Waals surface area (Å²) in [6.07, 6.45) is 11.3. The molecule has 0 aromatic heterocycles. The lowest BCUT2D eigenvalue weighted by Gasteiger charge is -2.16. The molecule has 116 valence electrons. The zero-order chi connectivity index (χ0) is 15.6. The first kappa shape index (κ1) is 19.2. The third-order valence-corrected chi connectivity index (χ3v) is 3.41. The Morgan fingerprint density at radius 2 is 2.00 bits per heavy atom. The maximum Gasteiger partial charge on any atom is 0.330 e. The fourth-order valence-corrected chi connectivity index (χ4v) is 2.09. The summed E-state index contributed by atoms with van der Waals surface area (Å²) in [6, 6.07) is 0. The van der Waals surface area contributed by atoms with Crippen molar-refractivity contribution < 1.29 is 9.53 Å². The van der Waals surface area contributed by atoms with Gasteiger partial charge in [0.2, 0.25) is 0 Å². The number of esters is 1. The van der Waals surface area contributed by atoms with Gasteiger partial charge in [0.25, 0.3) is 0 Å². The van der Waals surface area contributed by atoms with Gasteiger partial charge in [-0.3, -0.25) is 0 Å². The van der Waals surface area contributed by atoms with Gasteiger partial charge in [-0.25, -0.2) is 4.79 Å². The van der Waals surface area contributed by atoms with Crippen molar-refractivity contribution in [2.24, 2.45) is 5.92 Å². The van der Waals surface area contributed by atoms with E-state index >= 15 is 0 Å². The molecule has 0 aliphatic carbocycles. The fourth-order valence-electron chi connectivity index (χ4n) is 1.96. The fraction of sp³-hybridized carbons (Fsp3) is 0.706. The van der Waals surface area contributed by atoms with E-state index in [0.717, 1.165) is 18.4 Å². The molecule has 1 atom stereocenters. The Morgan fingerprint density at radius 1 is 1.35 bits per heavy atom. The van der Waals surface area contributed by atoms with E-state index in [9.17, 15) is 4.79 Å². The monoisotopic (exact) mass is 300 g/mol. The number of carbonyl (C=O) groups excluding carboxylic acids is 1. The highest BCUT2D eigenvalue weighted by atomic mass is 35.5. The number of allylic oxidation sites excluding steroid dienone is 3. The summed E-state index contributed by atoms with van der Waals surface area (Å²) in [6.45, 7) is 8.32. The number of methoxy groups -OCH3 is 1. The summed E-state index contributed by atoms with van der Waals surface area (Å²) in [5, 5.41) is 0. The molecule has 0 heterocycles. The number of hydrogen-bond acceptors (Lipinski definition) is 2. The second-order valence-electron chi connectivity index (χ2n) is 6.11. The minimum absolute atomic E-state index is 0.0740. The van der Waals surface area contributed by atoms with E-state index in [1.54, 1.807) is 0 Å². The first-order valence-corrected chi connectivity index (χ1v) is 7.74. The minimum atomic E-state index is -0.302. The maximum absolute atomic E-state index is 11.0. The standard InChI is InChI=1S/C17H29ClO2/c1-14(11-8-12-17(3,4)18)9-6-7-10-15(2)13-16(19)20-5/h7,10,13-14H,6,8-9,11-12H2,1-5H3. The van der Waals surface area contributed by atoms with E-state index in [-0.39, 0.29) is 10.8 Å². The summed E-state index contributed by atoms with van der Waals surface area (Å²) < 4.78 is 4.58. The van der Waals surface area contributed by atoms with Crippen molar-refractivity contribution in [2.45, 2.75) is 64.7 Å². The van der Waals surface area contributed by atoms with Gasteiger partial charge in [-0.15, -0.1) is 11.6 Å². The molecule has 0 amide bonds. The molecule has 0 saturated heterocycles. The van der Waals surface area contributed by atoms with E-state index in [1.165, 1.54) is 32.4 Å². The second-order valence-corrected chi connectivity index (χ2v) is 7.13. The van der Waals surface area contributed by atoms with Crippen LogP contribution in [-0.2, 0) is 9.53 Å². The minimum Gasteiger partial charge on any atom is -0.466 e. The van der Waals surface area contributed by atoms with Gasteiger partial charge in [0.05, 0.1) is 7.11 Å². The van der Waals surface area contributed by atoms with Gasteiger partial charge in [0.15, 0.2) is 0 Å². The third-order valence-electron chi connectivity index (χ3n) is 3.22. The van der Waals surface area contributed by atoms with Crippen molar-refractivity contribution in [3.05, 3.63) is 23.8 Å². The Hall–Kier alpha value is -0.760. The van der Waals surface area contributed by atoms with Crippen molar-refractivity contribution in [1.29, 1.82) is 0 Å². The molecule has 0 aromatic carbocycles. The van der Waals surface area contributed by atoms with Gasteiger partial charge in [-0.2, -0.15) is 0 Å². The Morgan fingerprint density at radius 3 is 2.55 bits per heavy atom. The number of hydrogen-bond donors (Lipinski definition) is 0. The van der Waals surface area contributed by atoms with E-state index in [2.05, 4.69) is 31.6 Å². The highest BCUT2D eigenvalue weighted by Crippen LogP contribution is 2.23. The van der Waals surface area contributed by atoms with Gasteiger partial charge in [-0.05, 0) is 51.5 Å². The zero-order valence-corrected chi connectivity index (χ0v) is 14.3. The molecule has 20 heavy (non-hydrogen) atoms. The third kappa shape index (κ3) is 12.3. The molecule has 0 fully saturated rings. The van der Waals surface area contributed by atoms with E-state index in [4.69, 9.17) is 11.6 Å². The summed E-state index contributed by atoms with van der Waals surface area (Å²) in [5.41, 5.74) is 0.924. The lowest BCUT2D eigenvalue weighted by Crippen LogP contribution is -2.10. The van der Waals surface area contributed by atoms with Crippen LogP contribution in [0, 0.1) is 5.92 Å². The highest BCUT2D eigenvalue weighted by molar-refractivity contribution is 6.23. The molecule has 1 unspecified atom stereocenters. The molecular formula is C17H29ClO2. The molecule has 0 spiro atoms. The van der Waals surface area contributed by atoms with Gasteiger partial charge in [0.1, 0.15) is 0 Å². The Balaban J connectivity index is 3.83. The van der Waals surface area contributed by atoms with Gasteiger partial charge in [0, 0.05) is 11.0 Å². The SMILES string of the molecule is COC(=O)C=C(C)C=CCCC(C)CCCC(C)(C)Cl. The van der Waals surface area contributed by atoms with Crippen molar-refractivity contribution in [3.63, 3.8) is 0 Å². The van der Waals surface area contributed by atoms with Crippen LogP contribution >= 0.6 is 11.6 Å². The topological polar surface area (TPSA) is 26.3 Å². The van der Waals surface area contributed by atoms with Crippen LogP contribution in [0.3, 0.4) is 0 Å². The van der Waals surface area contributed by atoms with E-state index in [1.807, 2.05) is 13.0 Å². The molecule has 0 saturated carbocycles. The first-order chi connectivity index (χ1) is 9.24. The van der Waals surface area contributed by atoms with Crippen LogP contribution in [0.5, 0.6) is 0 Å². The predicted octanol–water partition coefficient (Wildman–Crippen LogP) is 5.27. The molecule has 0 N–H and O–H groups in total. The van der Waals surface area contributed by atoms with Crippen LogP contribution in [0.2, 0.25) is 0 Å². The molecule has 2 nitrogen and oxygen atoms in total. The first-order valence-electron chi connectivity index (χ1n) is 7.36. The molecule has 0 bridgehead atoms. The summed E-state index contributed by atoms with van der Waals surface area (Å²) >= 11 is 6.18. The van der Waals surface area contributed by atoms with Crippen molar-refractivity contribution in [1.82, 2.24) is 0 Å². The average molecular weight is 301 g/mol. The van der Waals surface area contributed by atoms with Crippen LogP contribution in [0.15, 0.2) is 23.8 Å². The van der Waals surface area contributed by atoms with Crippen LogP contribution in [0.25, 0.3) is 0 Å². The Kier molecular flexibility index (Phi) is 9.66. The van der Waals surface area contributed by atoms with E-state index < -0.39 is 0 Å². The van der Waals surface area contributed by atoms with Gasteiger partial charge in [-0.1, -0.05) is 31.9 Å². The van der Waals surface area contributed by atoms with Crippen LogP contribution in [0.1, 0.15) is 59.8 Å². The lowest BCUT2D eigenvalue weighted by molar-refractivity contribution is -0.134. The highest BCUT2D eigenvalue weighted by Gasteiger charge is 2.13. The van der Waals surface area contributed by atoms with Crippen molar-refractivity contribution in [2.75, 3.05) is 7.11 Å². The number of alkyl halides is 1. The molecule has 0 aromatic rings. The summed E-state index contributed by atoms with van der Waals surface area (Å²) in [5.74, 6) is 0.410. The van der Waals surface area contributed by atoms with Gasteiger partial charge < -0.3 is 4.74 Å². The Labute approximate surface area is 129 Å². The number of rotatable bonds is 9. The maximum atomic E-state index is 11.0. The Bertz CT molecular complexity index is 337. The lowest BCUT2D eigenvalue weighted by atomic mass is 9.95. The molecule has 0 aliphatic heterocycles. The second kappa shape index (κ2) is 10.0. The number of ether oxygens (including phenoxy) is 1. The molecule has 0 aliphatic rings. The quantitative estimate of drug-likeness (QED) is 0.251. The van der Waals surface area contributed by atoms with Gasteiger partial charge >= 0.3 is 5.97 Å². The summed E-state index contributed by atoms with van der Waals surface area (Å²) in [7, 11) is 1.39. The van der Waals surface area contributed by atoms with Crippen LogP contribution in [-0.4, -0.2) is 18.0 Å². The van der Waals surface area contributed by atoms with Crippen LogP contribution < -0.4 is 0 Å². The molecular weight excluding hydrogens is 272 g/mol. The normalized spacial score (nSPS) is 14.6. The average Bonchev–Trinajstić information content (AvgIpc) is 2.33. The zero-order valence-electron chi connectivity index (χ0n) is 13.5. The smallest absolute Gasteiger partial charge is 0.330 e. The number of carbonyl (C=O) groups is 1. The van der Waals surface area contributed by atoms with E-state index in [0.29, 0.717) is 5.92 Å².